The smallest absolute Gasteiger partial charge is 0.274 e. The highest BCUT2D eigenvalue weighted by Crippen LogP contribution is 2.20. The maximum Gasteiger partial charge on any atom is 0.274 e. The van der Waals surface area contributed by atoms with E-state index in [4.69, 9.17) is 4.74 Å². The van der Waals surface area contributed by atoms with Gasteiger partial charge in [0.05, 0.1) is 6.61 Å². The summed E-state index contributed by atoms with van der Waals surface area (Å²) in [6.45, 7) is 1.17. The molecule has 0 saturated heterocycles. The fourth-order valence-corrected chi connectivity index (χ4v) is 1.98. The molecule has 0 aliphatic carbocycles. The molecule has 2 rings (SSSR count). The second-order valence-electron chi connectivity index (χ2n) is 4.46. The zero-order valence-electron chi connectivity index (χ0n) is 11.6. The summed E-state index contributed by atoms with van der Waals surface area (Å²) in [5.41, 5.74) is 1.24. The first-order chi connectivity index (χ1) is 9.63. The van der Waals surface area contributed by atoms with Gasteiger partial charge >= 0.3 is 0 Å². The van der Waals surface area contributed by atoms with Crippen molar-refractivity contribution < 1.29 is 14.6 Å². The molecule has 0 fully saturated rings. The molecule has 106 valence electrons. The summed E-state index contributed by atoms with van der Waals surface area (Å²) < 4.78 is 6.88. The lowest BCUT2D eigenvalue weighted by Gasteiger charge is -2.18. The Hall–Kier alpha value is -2.27. The molecule has 0 saturated carbocycles. The van der Waals surface area contributed by atoms with Crippen LogP contribution in [0.3, 0.4) is 0 Å². The predicted octanol–water partition coefficient (Wildman–Crippen LogP) is 2.12. The number of carbonyl (C=O) groups excluding carboxylic acids is 1. The Kier molecular flexibility index (Phi) is 4.42. The van der Waals surface area contributed by atoms with E-state index in [9.17, 15) is 9.90 Å². The van der Waals surface area contributed by atoms with Crippen LogP contribution in [0.15, 0.2) is 42.6 Å². The molecule has 5 nitrogen and oxygen atoms in total. The van der Waals surface area contributed by atoms with Crippen LogP contribution in [0, 0.1) is 0 Å². The molecule has 0 spiro atoms. The van der Waals surface area contributed by atoms with E-state index in [1.807, 2.05) is 16.8 Å². The van der Waals surface area contributed by atoms with Crippen LogP contribution in [0.5, 0.6) is 5.75 Å². The maximum atomic E-state index is 12.5. The highest BCUT2D eigenvalue weighted by molar-refractivity contribution is 6.04. The fourth-order valence-electron chi connectivity index (χ4n) is 1.98. The lowest BCUT2D eigenvalue weighted by atomic mass is 10.2. The maximum absolute atomic E-state index is 12.5. The zero-order valence-corrected chi connectivity index (χ0v) is 11.6. The standard InChI is InChI=1S/C15H18N2O3/c1-16(12-5-3-6-13(18)11-12)15(19)14-7-4-8-17(14)9-10-20-2/h3-8,11,18H,9-10H2,1-2H3. The number of benzene rings is 1. The van der Waals surface area contributed by atoms with Crippen LogP contribution in [-0.2, 0) is 11.3 Å². The molecule has 1 amide bonds. The summed E-state index contributed by atoms with van der Waals surface area (Å²) in [4.78, 5) is 14.0. The van der Waals surface area contributed by atoms with E-state index in [1.54, 1.807) is 44.5 Å². The van der Waals surface area contributed by atoms with Crippen LogP contribution in [0.2, 0.25) is 0 Å². The van der Waals surface area contributed by atoms with Crippen molar-refractivity contribution in [1.29, 1.82) is 0 Å². The number of aromatic hydroxyl groups is 1. The SMILES string of the molecule is COCCn1cccc1C(=O)N(C)c1cccc(O)c1. The van der Waals surface area contributed by atoms with Crippen molar-refractivity contribution in [3.8, 4) is 5.75 Å². The molecule has 0 radical (unpaired) electrons. The first kappa shape index (κ1) is 14.1. The van der Waals surface area contributed by atoms with E-state index in [1.165, 1.54) is 4.90 Å². The van der Waals surface area contributed by atoms with Crippen molar-refractivity contribution in [2.45, 2.75) is 6.54 Å². The summed E-state index contributed by atoms with van der Waals surface area (Å²) >= 11 is 0. The van der Waals surface area contributed by atoms with Crippen LogP contribution in [0.4, 0.5) is 5.69 Å². The number of hydrogen-bond donors (Lipinski definition) is 1. The lowest BCUT2D eigenvalue weighted by molar-refractivity contribution is 0.0981. The lowest BCUT2D eigenvalue weighted by Crippen LogP contribution is -2.28. The fraction of sp³-hybridized carbons (Fsp3) is 0.267. The Labute approximate surface area is 118 Å². The van der Waals surface area contributed by atoms with E-state index in [0.717, 1.165) is 0 Å². The minimum atomic E-state index is -0.128. The molecule has 1 heterocycles. The van der Waals surface area contributed by atoms with Gasteiger partial charge in [-0.1, -0.05) is 6.07 Å². The summed E-state index contributed by atoms with van der Waals surface area (Å²) in [6, 6.07) is 10.2. The summed E-state index contributed by atoms with van der Waals surface area (Å²) in [6.07, 6.45) is 1.85. The predicted molar refractivity (Wildman–Crippen MR) is 77.1 cm³/mol. The van der Waals surface area contributed by atoms with Gasteiger partial charge in [0.1, 0.15) is 11.4 Å². The third-order valence-electron chi connectivity index (χ3n) is 3.11. The molecule has 0 aliphatic heterocycles. The molecule has 2 aromatic rings. The average Bonchev–Trinajstić information content (AvgIpc) is 2.91. The number of methoxy groups -OCH3 is 1. The van der Waals surface area contributed by atoms with Gasteiger partial charge < -0.3 is 19.3 Å². The second kappa shape index (κ2) is 6.25. The number of carbonyl (C=O) groups is 1. The van der Waals surface area contributed by atoms with Crippen molar-refractivity contribution in [3.63, 3.8) is 0 Å². The largest absolute Gasteiger partial charge is 0.508 e. The molecule has 1 aromatic carbocycles. The monoisotopic (exact) mass is 274 g/mol. The summed E-state index contributed by atoms with van der Waals surface area (Å²) in [7, 11) is 3.31. The van der Waals surface area contributed by atoms with E-state index in [0.29, 0.717) is 24.5 Å². The Balaban J connectivity index is 2.20. The molecule has 20 heavy (non-hydrogen) atoms. The van der Waals surface area contributed by atoms with E-state index in [-0.39, 0.29) is 11.7 Å². The number of aromatic nitrogens is 1. The van der Waals surface area contributed by atoms with Crippen molar-refractivity contribution in [2.75, 3.05) is 25.7 Å². The number of nitrogens with zero attached hydrogens (tertiary/aromatic N) is 2. The number of phenolic OH excluding ortho intramolecular Hbond substituents is 1. The van der Waals surface area contributed by atoms with Gasteiger partial charge in [0.15, 0.2) is 0 Å². The van der Waals surface area contributed by atoms with Crippen LogP contribution >= 0.6 is 0 Å². The first-order valence-electron chi connectivity index (χ1n) is 6.34. The zero-order chi connectivity index (χ0) is 14.5. The molecule has 5 heteroatoms. The van der Waals surface area contributed by atoms with Gasteiger partial charge in [-0.3, -0.25) is 4.79 Å². The molecular formula is C15H18N2O3. The number of phenols is 1. The van der Waals surface area contributed by atoms with Crippen molar-refractivity contribution in [1.82, 2.24) is 4.57 Å². The molecule has 0 bridgehead atoms. The van der Waals surface area contributed by atoms with Crippen molar-refractivity contribution in [3.05, 3.63) is 48.3 Å². The van der Waals surface area contributed by atoms with Crippen LogP contribution in [0.25, 0.3) is 0 Å². The van der Waals surface area contributed by atoms with E-state index < -0.39 is 0 Å². The normalized spacial score (nSPS) is 10.5. The number of ether oxygens (including phenoxy) is 1. The number of anilines is 1. The Morgan fingerprint density at radius 2 is 2.15 bits per heavy atom. The quantitative estimate of drug-likeness (QED) is 0.908. The van der Waals surface area contributed by atoms with Crippen LogP contribution in [-0.4, -0.2) is 36.3 Å². The van der Waals surface area contributed by atoms with Crippen molar-refractivity contribution in [2.24, 2.45) is 0 Å². The number of rotatable bonds is 5. The topological polar surface area (TPSA) is 54.7 Å². The second-order valence-corrected chi connectivity index (χ2v) is 4.46. The molecule has 0 aliphatic rings. The van der Waals surface area contributed by atoms with Gasteiger partial charge in [0.25, 0.3) is 5.91 Å². The number of amides is 1. The van der Waals surface area contributed by atoms with Crippen LogP contribution in [0.1, 0.15) is 10.5 Å². The number of hydrogen-bond acceptors (Lipinski definition) is 3. The minimum absolute atomic E-state index is 0.128. The Bertz CT molecular complexity index is 592. The molecule has 0 atom stereocenters. The third-order valence-corrected chi connectivity index (χ3v) is 3.11. The highest BCUT2D eigenvalue weighted by atomic mass is 16.5. The molecule has 1 aromatic heterocycles. The minimum Gasteiger partial charge on any atom is -0.508 e. The Morgan fingerprint density at radius 3 is 2.85 bits per heavy atom. The van der Waals surface area contributed by atoms with Gasteiger partial charge in [-0.15, -0.1) is 0 Å². The summed E-state index contributed by atoms with van der Waals surface area (Å²) in [5, 5.41) is 9.49. The molecule has 0 unspecified atom stereocenters. The highest BCUT2D eigenvalue weighted by Gasteiger charge is 2.17. The van der Waals surface area contributed by atoms with Gasteiger partial charge in [-0.25, -0.2) is 0 Å². The van der Waals surface area contributed by atoms with E-state index in [2.05, 4.69) is 0 Å². The third kappa shape index (κ3) is 3.00. The Morgan fingerprint density at radius 1 is 1.35 bits per heavy atom. The van der Waals surface area contributed by atoms with Crippen LogP contribution < -0.4 is 4.90 Å². The van der Waals surface area contributed by atoms with Gasteiger partial charge in [-0.2, -0.15) is 0 Å². The van der Waals surface area contributed by atoms with E-state index >= 15 is 0 Å². The first-order valence-corrected chi connectivity index (χ1v) is 6.34. The molecule has 1 N–H and O–H groups in total. The van der Waals surface area contributed by atoms with Gasteiger partial charge in [-0.05, 0) is 24.3 Å². The average molecular weight is 274 g/mol. The van der Waals surface area contributed by atoms with Gasteiger partial charge in [0, 0.05) is 38.7 Å². The molecular weight excluding hydrogens is 256 g/mol. The van der Waals surface area contributed by atoms with Crippen molar-refractivity contribution >= 4 is 11.6 Å². The van der Waals surface area contributed by atoms with Gasteiger partial charge in [0.2, 0.25) is 0 Å². The summed E-state index contributed by atoms with van der Waals surface area (Å²) in [5.74, 6) is 0.00798.